The molecule has 0 unspecified atom stereocenters. The van der Waals surface area contributed by atoms with Crippen LogP contribution in [-0.2, 0) is 11.3 Å². The molecule has 3 N–H and O–H groups in total. The van der Waals surface area contributed by atoms with E-state index in [-0.39, 0.29) is 12.2 Å². The monoisotopic (exact) mass is 213 g/mol. The largest absolute Gasteiger partial charge is 0.478 e. The number of nitrogens with two attached hydrogens (primary N) is 1. The van der Waals surface area contributed by atoms with E-state index in [9.17, 15) is 9.18 Å². The van der Waals surface area contributed by atoms with Crippen molar-refractivity contribution in [3.8, 4) is 0 Å². The van der Waals surface area contributed by atoms with Gasteiger partial charge in [0, 0.05) is 0 Å². The summed E-state index contributed by atoms with van der Waals surface area (Å²) in [5, 5.41) is 8.71. The maximum atomic E-state index is 13.2. The fourth-order valence-electron chi connectivity index (χ4n) is 1.32. The van der Waals surface area contributed by atoms with Crippen molar-refractivity contribution in [2.75, 3.05) is 6.61 Å². The summed E-state index contributed by atoms with van der Waals surface area (Å²) in [4.78, 5) is 15.1. The van der Waals surface area contributed by atoms with E-state index in [1.54, 1.807) is 6.92 Å². The number of carboxylic acid groups (broad SMARTS) is 1. The Bertz CT molecular complexity index is 379. The average Bonchev–Trinajstić information content (AvgIpc) is 2.16. The maximum Gasteiger partial charge on any atom is 0.338 e. The lowest BCUT2D eigenvalue weighted by molar-refractivity contribution is 0.0691. The quantitative estimate of drug-likeness (QED) is 0.738. The number of benzene rings is 1. The van der Waals surface area contributed by atoms with E-state index in [0.29, 0.717) is 12.0 Å². The highest BCUT2D eigenvalue weighted by Crippen LogP contribution is 2.16. The zero-order valence-corrected chi connectivity index (χ0v) is 8.29. The van der Waals surface area contributed by atoms with E-state index in [4.69, 9.17) is 11.0 Å². The minimum absolute atomic E-state index is 0.269. The van der Waals surface area contributed by atoms with E-state index in [0.717, 1.165) is 5.56 Å². The van der Waals surface area contributed by atoms with Gasteiger partial charge in [0.15, 0.2) is 0 Å². The maximum absolute atomic E-state index is 13.2. The zero-order chi connectivity index (χ0) is 11.4. The Hall–Kier alpha value is -1.46. The fraction of sp³-hybridized carbons (Fsp3) is 0.300. The molecule has 5 heteroatoms. The van der Waals surface area contributed by atoms with Gasteiger partial charge in [-0.05, 0) is 36.6 Å². The second-order valence-electron chi connectivity index (χ2n) is 3.18. The second kappa shape index (κ2) is 4.86. The number of hydrogen-bond donors (Lipinski definition) is 2. The number of carbonyl (C=O) groups is 1. The molecule has 0 fully saturated rings. The molecule has 0 aliphatic heterocycles. The molecule has 4 nitrogen and oxygen atoms in total. The summed E-state index contributed by atoms with van der Waals surface area (Å²) in [6.07, 6.45) is 0.461. The summed E-state index contributed by atoms with van der Waals surface area (Å²) in [5.41, 5.74) is 1.08. The average molecular weight is 213 g/mol. The third-order valence-corrected chi connectivity index (χ3v) is 2.15. The molecular formula is C10H12FNO3. The minimum atomic E-state index is -1.28. The Morgan fingerprint density at radius 3 is 2.80 bits per heavy atom. The molecule has 0 aliphatic rings. The summed E-state index contributed by atoms with van der Waals surface area (Å²) >= 11 is 0. The molecule has 1 aromatic carbocycles. The molecule has 15 heavy (non-hydrogen) atoms. The Morgan fingerprint density at radius 1 is 1.60 bits per heavy atom. The SMILES string of the molecule is Cc1cc(F)c(C(=O)O)cc1CCON. The lowest BCUT2D eigenvalue weighted by Crippen LogP contribution is -2.08. The van der Waals surface area contributed by atoms with Crippen LogP contribution in [0.15, 0.2) is 12.1 Å². The first-order valence-electron chi connectivity index (χ1n) is 4.40. The van der Waals surface area contributed by atoms with Crippen molar-refractivity contribution in [3.05, 3.63) is 34.6 Å². The summed E-state index contributed by atoms with van der Waals surface area (Å²) in [5.74, 6) is 2.86. The van der Waals surface area contributed by atoms with Crippen molar-refractivity contribution in [2.24, 2.45) is 5.90 Å². The van der Waals surface area contributed by atoms with Crippen molar-refractivity contribution < 1.29 is 19.1 Å². The lowest BCUT2D eigenvalue weighted by atomic mass is 10.0. The van der Waals surface area contributed by atoms with E-state index >= 15 is 0 Å². The summed E-state index contributed by atoms with van der Waals surface area (Å²) in [6, 6.07) is 2.52. The molecule has 0 atom stereocenters. The Labute approximate surface area is 86.4 Å². The van der Waals surface area contributed by atoms with Crippen LogP contribution in [-0.4, -0.2) is 17.7 Å². The Morgan fingerprint density at radius 2 is 2.27 bits per heavy atom. The number of aromatic carboxylic acids is 1. The second-order valence-corrected chi connectivity index (χ2v) is 3.18. The molecule has 0 saturated carbocycles. The highest BCUT2D eigenvalue weighted by Gasteiger charge is 2.12. The van der Waals surface area contributed by atoms with Gasteiger partial charge in [-0.15, -0.1) is 0 Å². The molecular weight excluding hydrogens is 201 g/mol. The van der Waals surface area contributed by atoms with Crippen LogP contribution >= 0.6 is 0 Å². The number of halogens is 1. The first-order chi connectivity index (χ1) is 7.06. The summed E-state index contributed by atoms with van der Waals surface area (Å²) < 4.78 is 13.2. The summed E-state index contributed by atoms with van der Waals surface area (Å²) in [6.45, 7) is 1.98. The lowest BCUT2D eigenvalue weighted by Gasteiger charge is -2.07. The van der Waals surface area contributed by atoms with Gasteiger partial charge in [-0.1, -0.05) is 0 Å². The molecule has 0 heterocycles. The number of carboxylic acids is 1. The molecule has 0 bridgehead atoms. The molecule has 0 aliphatic carbocycles. The predicted molar refractivity (Wildman–Crippen MR) is 51.9 cm³/mol. The van der Waals surface area contributed by atoms with Crippen molar-refractivity contribution in [3.63, 3.8) is 0 Å². The first kappa shape index (κ1) is 11.6. The summed E-state index contributed by atoms with van der Waals surface area (Å²) in [7, 11) is 0. The zero-order valence-electron chi connectivity index (χ0n) is 8.29. The van der Waals surface area contributed by atoms with Gasteiger partial charge < -0.3 is 9.94 Å². The highest BCUT2D eigenvalue weighted by molar-refractivity contribution is 5.88. The van der Waals surface area contributed by atoms with Crippen LogP contribution in [0.5, 0.6) is 0 Å². The van der Waals surface area contributed by atoms with Crippen molar-refractivity contribution >= 4 is 5.97 Å². The van der Waals surface area contributed by atoms with Gasteiger partial charge in [-0.2, -0.15) is 0 Å². The van der Waals surface area contributed by atoms with Gasteiger partial charge in [0.05, 0.1) is 12.2 Å². The predicted octanol–water partition coefficient (Wildman–Crippen LogP) is 1.27. The topological polar surface area (TPSA) is 72.5 Å². The van der Waals surface area contributed by atoms with Crippen LogP contribution in [0.4, 0.5) is 4.39 Å². The highest BCUT2D eigenvalue weighted by atomic mass is 19.1. The molecule has 0 saturated heterocycles. The normalized spacial score (nSPS) is 10.3. The van der Waals surface area contributed by atoms with Crippen LogP contribution < -0.4 is 5.90 Å². The van der Waals surface area contributed by atoms with Gasteiger partial charge in [-0.3, -0.25) is 0 Å². The molecule has 1 aromatic rings. The number of aryl methyl sites for hydroxylation is 1. The smallest absolute Gasteiger partial charge is 0.338 e. The molecule has 0 amide bonds. The first-order valence-corrected chi connectivity index (χ1v) is 4.40. The number of rotatable bonds is 4. The van der Waals surface area contributed by atoms with E-state index < -0.39 is 11.8 Å². The van der Waals surface area contributed by atoms with Gasteiger partial charge in [-0.25, -0.2) is 15.1 Å². The number of hydrogen-bond acceptors (Lipinski definition) is 3. The van der Waals surface area contributed by atoms with Crippen LogP contribution in [0.3, 0.4) is 0 Å². The van der Waals surface area contributed by atoms with Crippen LogP contribution in [0.2, 0.25) is 0 Å². The minimum Gasteiger partial charge on any atom is -0.478 e. The molecule has 0 radical (unpaired) electrons. The van der Waals surface area contributed by atoms with Gasteiger partial charge >= 0.3 is 5.97 Å². The molecule has 0 spiro atoms. The van der Waals surface area contributed by atoms with Crippen LogP contribution in [0.25, 0.3) is 0 Å². The van der Waals surface area contributed by atoms with Crippen molar-refractivity contribution in [2.45, 2.75) is 13.3 Å². The van der Waals surface area contributed by atoms with Crippen LogP contribution in [0, 0.1) is 12.7 Å². The standard InChI is InChI=1S/C10H12FNO3/c1-6-4-9(11)8(10(13)14)5-7(6)2-3-15-12/h4-5H,2-3,12H2,1H3,(H,13,14). The van der Waals surface area contributed by atoms with Gasteiger partial charge in [0.2, 0.25) is 0 Å². The molecule has 82 valence electrons. The van der Waals surface area contributed by atoms with E-state index in [2.05, 4.69) is 4.84 Å². The Balaban J connectivity index is 3.06. The third kappa shape index (κ3) is 2.74. The Kier molecular flexibility index (Phi) is 3.76. The van der Waals surface area contributed by atoms with Crippen molar-refractivity contribution in [1.29, 1.82) is 0 Å². The van der Waals surface area contributed by atoms with Crippen molar-refractivity contribution in [1.82, 2.24) is 0 Å². The third-order valence-electron chi connectivity index (χ3n) is 2.15. The van der Waals surface area contributed by atoms with E-state index in [1.807, 2.05) is 0 Å². The van der Waals surface area contributed by atoms with E-state index in [1.165, 1.54) is 12.1 Å². The fourth-order valence-corrected chi connectivity index (χ4v) is 1.32. The van der Waals surface area contributed by atoms with Crippen LogP contribution in [0.1, 0.15) is 21.5 Å². The molecule has 1 rings (SSSR count). The van der Waals surface area contributed by atoms with Gasteiger partial charge in [0.25, 0.3) is 0 Å². The van der Waals surface area contributed by atoms with Gasteiger partial charge in [0.1, 0.15) is 5.82 Å². The molecule has 0 aromatic heterocycles.